The van der Waals surface area contributed by atoms with Gasteiger partial charge in [-0.1, -0.05) is 6.92 Å². The molecule has 1 aromatic carbocycles. The van der Waals surface area contributed by atoms with Crippen LogP contribution < -0.4 is 5.32 Å². The van der Waals surface area contributed by atoms with E-state index in [4.69, 9.17) is 0 Å². The molecule has 1 aromatic heterocycles. The Bertz CT molecular complexity index is 462. The minimum atomic E-state index is 0.826. The Morgan fingerprint density at radius 1 is 1.29 bits per heavy atom. The molecule has 90 valence electrons. The molecule has 0 fully saturated rings. The lowest BCUT2D eigenvalue weighted by Crippen LogP contribution is -2.11. The molecule has 4 heteroatoms. The summed E-state index contributed by atoms with van der Waals surface area (Å²) in [5, 5.41) is 3.27. The molecule has 0 aliphatic carbocycles. The van der Waals surface area contributed by atoms with Crippen molar-refractivity contribution >= 4 is 11.8 Å². The molecule has 0 bridgehead atoms. The van der Waals surface area contributed by atoms with E-state index in [1.54, 1.807) is 11.8 Å². The van der Waals surface area contributed by atoms with Gasteiger partial charge in [0.05, 0.1) is 12.0 Å². The minimum Gasteiger partial charge on any atom is -0.311 e. The first-order chi connectivity index (χ1) is 8.33. The second kappa shape index (κ2) is 5.89. The monoisotopic (exact) mass is 247 g/mol. The standard InChI is InChI=1S/C13H17N3S/c1-3-14-8-11-9-16(10-15-11)12-4-6-13(17-2)7-5-12/h4-7,9-10,14H,3,8H2,1-2H3. The first kappa shape index (κ1) is 12.2. The van der Waals surface area contributed by atoms with Crippen LogP contribution in [-0.4, -0.2) is 22.4 Å². The maximum Gasteiger partial charge on any atom is 0.0995 e. The average Bonchev–Trinajstić information content (AvgIpc) is 2.85. The zero-order valence-electron chi connectivity index (χ0n) is 10.2. The number of nitrogens with zero attached hydrogens (tertiary/aromatic N) is 2. The van der Waals surface area contributed by atoms with Gasteiger partial charge >= 0.3 is 0 Å². The fourth-order valence-electron chi connectivity index (χ4n) is 1.60. The first-order valence-corrected chi connectivity index (χ1v) is 6.94. The molecule has 0 saturated carbocycles. The van der Waals surface area contributed by atoms with Gasteiger partial charge in [0.1, 0.15) is 0 Å². The normalized spacial score (nSPS) is 10.7. The molecule has 0 atom stereocenters. The highest BCUT2D eigenvalue weighted by Gasteiger charge is 2.00. The van der Waals surface area contributed by atoms with Crippen LogP contribution in [0.4, 0.5) is 0 Å². The van der Waals surface area contributed by atoms with E-state index in [1.807, 2.05) is 6.33 Å². The Labute approximate surface area is 106 Å². The molecule has 3 nitrogen and oxygen atoms in total. The second-order valence-corrected chi connectivity index (χ2v) is 4.63. The number of thioether (sulfide) groups is 1. The first-order valence-electron chi connectivity index (χ1n) is 5.71. The molecule has 2 rings (SSSR count). The van der Waals surface area contributed by atoms with Crippen LogP contribution in [0.2, 0.25) is 0 Å². The Balaban J connectivity index is 2.12. The summed E-state index contributed by atoms with van der Waals surface area (Å²) in [6.45, 7) is 3.89. The van der Waals surface area contributed by atoms with Crippen LogP contribution in [0.5, 0.6) is 0 Å². The molecule has 1 heterocycles. The summed E-state index contributed by atoms with van der Waals surface area (Å²) >= 11 is 1.75. The van der Waals surface area contributed by atoms with Gasteiger partial charge in [-0.15, -0.1) is 11.8 Å². The Kier molecular flexibility index (Phi) is 4.23. The lowest BCUT2D eigenvalue weighted by Gasteiger charge is -2.02. The average molecular weight is 247 g/mol. The molecule has 0 unspecified atom stereocenters. The lowest BCUT2D eigenvalue weighted by molar-refractivity contribution is 0.713. The smallest absolute Gasteiger partial charge is 0.0995 e. The number of nitrogens with one attached hydrogen (secondary N) is 1. The maximum absolute atomic E-state index is 4.37. The summed E-state index contributed by atoms with van der Waals surface area (Å²) in [4.78, 5) is 5.65. The second-order valence-electron chi connectivity index (χ2n) is 3.75. The summed E-state index contributed by atoms with van der Waals surface area (Å²) in [6, 6.07) is 8.49. The fourth-order valence-corrected chi connectivity index (χ4v) is 2.01. The van der Waals surface area contributed by atoms with Crippen molar-refractivity contribution < 1.29 is 0 Å². The van der Waals surface area contributed by atoms with Crippen molar-refractivity contribution in [1.29, 1.82) is 0 Å². The molecule has 1 N–H and O–H groups in total. The van der Waals surface area contributed by atoms with Crippen LogP contribution in [0.1, 0.15) is 12.6 Å². The fraction of sp³-hybridized carbons (Fsp3) is 0.308. The van der Waals surface area contributed by atoms with Gasteiger partial charge in [-0.3, -0.25) is 0 Å². The molecule has 0 spiro atoms. The Morgan fingerprint density at radius 3 is 2.71 bits per heavy atom. The predicted molar refractivity (Wildman–Crippen MR) is 72.7 cm³/mol. The van der Waals surface area contributed by atoms with Gasteiger partial charge in [0.15, 0.2) is 0 Å². The maximum atomic E-state index is 4.37. The van der Waals surface area contributed by atoms with Crippen LogP contribution in [0.3, 0.4) is 0 Å². The highest BCUT2D eigenvalue weighted by Crippen LogP contribution is 2.17. The third kappa shape index (κ3) is 3.11. The van der Waals surface area contributed by atoms with Crippen molar-refractivity contribution in [3.05, 3.63) is 42.5 Å². The Morgan fingerprint density at radius 2 is 2.06 bits per heavy atom. The molecule has 2 aromatic rings. The van der Waals surface area contributed by atoms with Crippen molar-refractivity contribution in [2.45, 2.75) is 18.4 Å². The molecular weight excluding hydrogens is 230 g/mol. The van der Waals surface area contributed by atoms with E-state index in [0.29, 0.717) is 0 Å². The summed E-state index contributed by atoms with van der Waals surface area (Å²) in [7, 11) is 0. The van der Waals surface area contributed by atoms with Gasteiger partial charge in [0.2, 0.25) is 0 Å². The van der Waals surface area contributed by atoms with Gasteiger partial charge in [-0.2, -0.15) is 0 Å². The van der Waals surface area contributed by atoms with Gasteiger partial charge in [-0.25, -0.2) is 4.98 Å². The topological polar surface area (TPSA) is 29.9 Å². The molecule has 0 amide bonds. The number of hydrogen-bond donors (Lipinski definition) is 1. The lowest BCUT2D eigenvalue weighted by atomic mass is 10.3. The van der Waals surface area contributed by atoms with E-state index in [-0.39, 0.29) is 0 Å². The van der Waals surface area contributed by atoms with Crippen molar-refractivity contribution in [3.8, 4) is 5.69 Å². The summed E-state index contributed by atoms with van der Waals surface area (Å²) in [5.41, 5.74) is 2.22. The van der Waals surface area contributed by atoms with Crippen molar-refractivity contribution in [2.24, 2.45) is 0 Å². The van der Waals surface area contributed by atoms with E-state index in [2.05, 4.69) is 58.5 Å². The van der Waals surface area contributed by atoms with Crippen LogP contribution in [0, 0.1) is 0 Å². The van der Waals surface area contributed by atoms with Gasteiger partial charge in [0, 0.05) is 23.3 Å². The molecule has 17 heavy (non-hydrogen) atoms. The largest absolute Gasteiger partial charge is 0.311 e. The van der Waals surface area contributed by atoms with Crippen LogP contribution in [0.15, 0.2) is 41.7 Å². The predicted octanol–water partition coefficient (Wildman–Crippen LogP) is 2.70. The number of hydrogen-bond acceptors (Lipinski definition) is 3. The SMILES string of the molecule is CCNCc1cn(-c2ccc(SC)cc2)cn1. The zero-order valence-corrected chi connectivity index (χ0v) is 11.0. The van der Waals surface area contributed by atoms with E-state index >= 15 is 0 Å². The van der Waals surface area contributed by atoms with Crippen molar-refractivity contribution in [2.75, 3.05) is 12.8 Å². The molecule has 0 aliphatic rings. The zero-order chi connectivity index (χ0) is 12.1. The summed E-state index contributed by atoms with van der Waals surface area (Å²) < 4.78 is 2.05. The third-order valence-electron chi connectivity index (χ3n) is 2.56. The molecular formula is C13H17N3S. The van der Waals surface area contributed by atoms with Crippen LogP contribution >= 0.6 is 11.8 Å². The molecule has 0 saturated heterocycles. The van der Waals surface area contributed by atoms with Crippen LogP contribution in [0.25, 0.3) is 5.69 Å². The Hall–Kier alpha value is -1.26. The number of aromatic nitrogens is 2. The number of imidazole rings is 1. The van der Waals surface area contributed by atoms with E-state index in [1.165, 1.54) is 4.90 Å². The van der Waals surface area contributed by atoms with Gasteiger partial charge < -0.3 is 9.88 Å². The van der Waals surface area contributed by atoms with E-state index in [0.717, 1.165) is 24.5 Å². The molecule has 0 radical (unpaired) electrons. The third-order valence-corrected chi connectivity index (χ3v) is 3.31. The van der Waals surface area contributed by atoms with Crippen molar-refractivity contribution in [1.82, 2.24) is 14.9 Å². The number of benzene rings is 1. The highest BCUT2D eigenvalue weighted by atomic mass is 32.2. The van der Waals surface area contributed by atoms with E-state index < -0.39 is 0 Å². The van der Waals surface area contributed by atoms with Crippen LogP contribution in [-0.2, 0) is 6.54 Å². The molecule has 0 aliphatic heterocycles. The van der Waals surface area contributed by atoms with E-state index in [9.17, 15) is 0 Å². The quantitative estimate of drug-likeness (QED) is 0.824. The summed E-state index contributed by atoms with van der Waals surface area (Å²) in [6.07, 6.45) is 6.01. The highest BCUT2D eigenvalue weighted by molar-refractivity contribution is 7.98. The minimum absolute atomic E-state index is 0.826. The van der Waals surface area contributed by atoms with Gasteiger partial charge in [-0.05, 0) is 37.1 Å². The number of rotatable bonds is 5. The van der Waals surface area contributed by atoms with Gasteiger partial charge in [0.25, 0.3) is 0 Å². The van der Waals surface area contributed by atoms with Crippen molar-refractivity contribution in [3.63, 3.8) is 0 Å². The summed E-state index contributed by atoms with van der Waals surface area (Å²) in [5.74, 6) is 0.